The maximum Gasteiger partial charge on any atom is 0.147 e. The van der Waals surface area contributed by atoms with Crippen molar-refractivity contribution >= 4 is 54.7 Å². The first-order valence-corrected chi connectivity index (χ1v) is 13.5. The van der Waals surface area contributed by atoms with E-state index in [0.717, 1.165) is 11.5 Å². The van der Waals surface area contributed by atoms with Crippen LogP contribution in [0.2, 0.25) is 0 Å². The van der Waals surface area contributed by atoms with E-state index in [1.165, 1.54) is 12.8 Å². The molecule has 0 fully saturated rings. The topological polar surface area (TPSA) is 58.2 Å². The highest BCUT2D eigenvalue weighted by Gasteiger charge is 2.14. The van der Waals surface area contributed by atoms with Crippen molar-refractivity contribution in [3.8, 4) is 0 Å². The third-order valence-corrected chi connectivity index (χ3v) is 6.65. The zero-order valence-electron chi connectivity index (χ0n) is 16.4. The van der Waals surface area contributed by atoms with Gasteiger partial charge in [0, 0.05) is 11.5 Å². The van der Waals surface area contributed by atoms with E-state index < -0.39 is 0 Å². The van der Waals surface area contributed by atoms with E-state index in [-0.39, 0.29) is 23.7 Å². The maximum absolute atomic E-state index is 11.1. The van der Waals surface area contributed by atoms with Gasteiger partial charge >= 0.3 is 0 Å². The Balaban J connectivity index is -0.000000457. The molecule has 0 amide bonds. The van der Waals surface area contributed by atoms with Crippen molar-refractivity contribution in [1.29, 1.82) is 0 Å². The van der Waals surface area contributed by atoms with Crippen molar-refractivity contribution in [2.75, 3.05) is 38.1 Å². The van der Waals surface area contributed by atoms with Gasteiger partial charge in [0.1, 0.15) is 11.6 Å². The number of rotatable bonds is 11. The lowest BCUT2D eigenvalue weighted by molar-refractivity contribution is -0.119. The van der Waals surface area contributed by atoms with Crippen LogP contribution in [0.4, 0.5) is 0 Å². The molecule has 2 N–H and O–H groups in total. The zero-order valence-corrected chi connectivity index (χ0v) is 19.7. The van der Waals surface area contributed by atoms with Crippen molar-refractivity contribution < 1.29 is 9.59 Å². The van der Waals surface area contributed by atoms with E-state index in [1.54, 1.807) is 71.1 Å². The molecule has 0 aromatic heterocycles. The van der Waals surface area contributed by atoms with Gasteiger partial charge in [-0.25, -0.2) is 0 Å². The minimum absolute atomic E-state index is 0.0946. The predicted octanol–water partition coefficient (Wildman–Crippen LogP) is 4.16. The second-order valence-electron chi connectivity index (χ2n) is 4.81. The van der Waals surface area contributed by atoms with Crippen molar-refractivity contribution in [3.05, 3.63) is 0 Å². The number of ketones is 2. The summed E-state index contributed by atoms with van der Waals surface area (Å²) >= 11 is 0. The summed E-state index contributed by atoms with van der Waals surface area (Å²) in [6, 6.07) is -0.189. The molecule has 146 valence electrons. The molecule has 0 rings (SSSR count). The summed E-state index contributed by atoms with van der Waals surface area (Å²) in [5.41, 5.74) is 0. The average molecular weight is 417 g/mol. The maximum atomic E-state index is 11.1. The normalized spacial score (nSPS) is 12.2. The van der Waals surface area contributed by atoms with Crippen LogP contribution in [0.3, 0.4) is 0 Å². The van der Waals surface area contributed by atoms with Gasteiger partial charge in [-0.2, -0.15) is 0 Å². The Hall–Kier alpha value is 0.660. The van der Waals surface area contributed by atoms with Gasteiger partial charge in [0.25, 0.3) is 0 Å². The molecular weight excluding hydrogens is 380 g/mol. The van der Waals surface area contributed by atoms with Gasteiger partial charge in [0.05, 0.1) is 12.1 Å². The van der Waals surface area contributed by atoms with E-state index in [9.17, 15) is 9.59 Å². The summed E-state index contributed by atoms with van der Waals surface area (Å²) in [6.07, 6.45) is 6.76. The number of unbranched alkanes of at least 4 members (excludes halogenated alkanes) is 1. The second-order valence-corrected chi connectivity index (χ2v) is 10.0. The minimum Gasteiger partial charge on any atom is -0.310 e. The standard InChI is InChI=1S/C10H20N2O2S2.C4H10.C2H6S2/c1-7(13)9(11-3)5-15-16-6-10(12-4)8(2)14;2*1-3-4-2/h9-12H,5-6H2,1-4H3;3-4H2,1-2H3;1-2H3. The van der Waals surface area contributed by atoms with Gasteiger partial charge in [-0.15, -0.1) is 0 Å². The van der Waals surface area contributed by atoms with Crippen LogP contribution in [0.15, 0.2) is 0 Å². The molecule has 0 radical (unpaired) electrons. The Bertz CT molecular complexity index is 263. The van der Waals surface area contributed by atoms with Crippen LogP contribution in [-0.2, 0) is 9.59 Å². The number of nitrogens with one attached hydrogen (secondary N) is 2. The lowest BCUT2D eigenvalue weighted by Crippen LogP contribution is -2.35. The highest BCUT2D eigenvalue weighted by atomic mass is 33.1. The summed E-state index contributed by atoms with van der Waals surface area (Å²) in [5, 5.41) is 5.92. The third kappa shape index (κ3) is 22.7. The van der Waals surface area contributed by atoms with Gasteiger partial charge in [-0.3, -0.25) is 9.59 Å². The number of hydrogen-bond donors (Lipinski definition) is 2. The first kappa shape index (κ1) is 29.4. The molecule has 0 aromatic carbocycles. The van der Waals surface area contributed by atoms with Crippen molar-refractivity contribution in [3.63, 3.8) is 0 Å². The van der Waals surface area contributed by atoms with Crippen molar-refractivity contribution in [2.24, 2.45) is 0 Å². The highest BCUT2D eigenvalue weighted by Crippen LogP contribution is 2.23. The smallest absolute Gasteiger partial charge is 0.147 e. The van der Waals surface area contributed by atoms with Gasteiger partial charge in [-0.1, -0.05) is 69.9 Å². The molecule has 0 heterocycles. The molecule has 4 nitrogen and oxygen atoms in total. The molecule has 0 spiro atoms. The fraction of sp³-hybridized carbons (Fsp3) is 0.875. The molecule has 0 aliphatic heterocycles. The molecule has 0 aliphatic carbocycles. The Kier molecular flexibility index (Phi) is 29.0. The Labute approximate surface area is 165 Å². The highest BCUT2D eigenvalue weighted by molar-refractivity contribution is 8.76. The molecule has 0 aliphatic rings. The number of carbonyl (C=O) groups is 2. The summed E-state index contributed by atoms with van der Waals surface area (Å²) in [6.45, 7) is 7.52. The van der Waals surface area contributed by atoms with Gasteiger partial charge in [0.2, 0.25) is 0 Å². The first-order valence-electron chi connectivity index (χ1n) is 8.02. The lowest BCUT2D eigenvalue weighted by Gasteiger charge is -2.14. The van der Waals surface area contributed by atoms with E-state index in [4.69, 9.17) is 0 Å². The van der Waals surface area contributed by atoms with Crippen LogP contribution >= 0.6 is 43.2 Å². The van der Waals surface area contributed by atoms with Gasteiger partial charge in [0.15, 0.2) is 0 Å². The molecule has 0 bridgehead atoms. The molecule has 2 unspecified atom stereocenters. The Morgan fingerprint density at radius 2 is 1.08 bits per heavy atom. The summed E-state index contributed by atoms with van der Waals surface area (Å²) in [5.74, 6) is 1.75. The third-order valence-electron chi connectivity index (χ3n) is 2.90. The predicted molar refractivity (Wildman–Crippen MR) is 120 cm³/mol. The zero-order chi connectivity index (χ0) is 19.4. The number of carbonyl (C=O) groups excluding carboxylic acids is 2. The lowest BCUT2D eigenvalue weighted by atomic mass is 10.2. The van der Waals surface area contributed by atoms with Crippen molar-refractivity contribution in [2.45, 2.75) is 52.6 Å². The minimum atomic E-state index is -0.0946. The average Bonchev–Trinajstić information content (AvgIpc) is 2.57. The van der Waals surface area contributed by atoms with E-state index in [1.807, 2.05) is 0 Å². The fourth-order valence-electron chi connectivity index (χ4n) is 1.04. The summed E-state index contributed by atoms with van der Waals surface area (Å²) < 4.78 is 0. The number of hydrogen-bond acceptors (Lipinski definition) is 8. The molecule has 2 atom stereocenters. The molecule has 24 heavy (non-hydrogen) atoms. The largest absolute Gasteiger partial charge is 0.310 e. The van der Waals surface area contributed by atoms with Crippen molar-refractivity contribution in [1.82, 2.24) is 10.6 Å². The summed E-state index contributed by atoms with van der Waals surface area (Å²) in [4.78, 5) is 22.2. The monoisotopic (exact) mass is 416 g/mol. The van der Waals surface area contributed by atoms with E-state index in [2.05, 4.69) is 37.0 Å². The number of likely N-dealkylation sites (N-methyl/N-ethyl adjacent to an activating group) is 2. The van der Waals surface area contributed by atoms with E-state index in [0.29, 0.717) is 0 Å². The van der Waals surface area contributed by atoms with Gasteiger partial charge in [-0.05, 0) is 40.5 Å². The Morgan fingerprint density at radius 1 is 0.792 bits per heavy atom. The molecular formula is C16H36N2O2S4. The van der Waals surface area contributed by atoms with Crippen LogP contribution in [0.25, 0.3) is 0 Å². The SMILES string of the molecule is CCCC.CNC(CSSCC(NC)C(C)=O)C(C)=O.CSSC. The Morgan fingerprint density at radius 3 is 1.21 bits per heavy atom. The van der Waals surface area contributed by atoms with Crippen LogP contribution in [0, 0.1) is 0 Å². The van der Waals surface area contributed by atoms with Crippen LogP contribution < -0.4 is 10.6 Å². The van der Waals surface area contributed by atoms with Crippen LogP contribution in [-0.4, -0.2) is 61.8 Å². The number of Topliss-reactive ketones (excluding diaryl/α,β-unsaturated/α-hetero) is 2. The second kappa shape index (κ2) is 23.7. The molecule has 0 aromatic rings. The molecule has 0 saturated heterocycles. The van der Waals surface area contributed by atoms with Gasteiger partial charge < -0.3 is 10.6 Å². The molecule has 0 saturated carbocycles. The summed E-state index contributed by atoms with van der Waals surface area (Å²) in [7, 11) is 10.3. The fourth-order valence-corrected chi connectivity index (χ4v) is 3.70. The van der Waals surface area contributed by atoms with Crippen LogP contribution in [0.5, 0.6) is 0 Å². The first-order chi connectivity index (χ1) is 11.4. The quantitative estimate of drug-likeness (QED) is 0.385. The molecule has 8 heteroatoms. The van der Waals surface area contributed by atoms with Crippen LogP contribution in [0.1, 0.15) is 40.5 Å². The van der Waals surface area contributed by atoms with E-state index >= 15 is 0 Å².